The van der Waals surface area contributed by atoms with E-state index in [1.807, 2.05) is 7.05 Å². The summed E-state index contributed by atoms with van der Waals surface area (Å²) in [5, 5.41) is 3.32. The fourth-order valence-electron chi connectivity index (χ4n) is 2.46. The van der Waals surface area contributed by atoms with Crippen LogP contribution in [-0.2, 0) is 0 Å². The van der Waals surface area contributed by atoms with Gasteiger partial charge in [-0.2, -0.15) is 0 Å². The highest BCUT2D eigenvalue weighted by atomic mass is 15.2. The third kappa shape index (κ3) is 5.83. The van der Waals surface area contributed by atoms with Gasteiger partial charge in [-0.3, -0.25) is 4.90 Å². The third-order valence-electron chi connectivity index (χ3n) is 3.31. The van der Waals surface area contributed by atoms with Gasteiger partial charge < -0.3 is 10.2 Å². The Hall–Kier alpha value is -0.120. The molecule has 3 heteroatoms. The monoisotopic (exact) mass is 229 g/mol. The third-order valence-corrected chi connectivity index (χ3v) is 3.31. The molecule has 0 fully saturated rings. The molecule has 0 saturated carbocycles. The van der Waals surface area contributed by atoms with Gasteiger partial charge in [0.2, 0.25) is 0 Å². The van der Waals surface area contributed by atoms with Crippen LogP contribution in [0, 0.1) is 0 Å². The Morgan fingerprint density at radius 1 is 1.06 bits per heavy atom. The van der Waals surface area contributed by atoms with Crippen LogP contribution in [0.4, 0.5) is 0 Å². The van der Waals surface area contributed by atoms with Crippen LogP contribution in [0.2, 0.25) is 0 Å². The van der Waals surface area contributed by atoms with Crippen molar-refractivity contribution in [2.75, 3.05) is 34.2 Å². The molecule has 0 bridgehead atoms. The van der Waals surface area contributed by atoms with E-state index in [-0.39, 0.29) is 0 Å². The minimum absolute atomic E-state index is 0.593. The number of rotatable bonds is 8. The van der Waals surface area contributed by atoms with Crippen molar-refractivity contribution >= 4 is 0 Å². The second-order valence-corrected chi connectivity index (χ2v) is 5.22. The minimum atomic E-state index is 0.593. The van der Waals surface area contributed by atoms with Gasteiger partial charge in [0, 0.05) is 24.7 Å². The predicted octanol–water partition coefficient (Wildman–Crippen LogP) is 1.64. The summed E-state index contributed by atoms with van der Waals surface area (Å²) in [5.74, 6) is 0. The quantitative estimate of drug-likeness (QED) is 0.683. The lowest BCUT2D eigenvalue weighted by molar-refractivity contribution is 0.125. The standard InChI is InChI=1S/C13H31N3/c1-8-16(13(4)10-15(6)7)12(3)9-11(2)14-5/h11-14H,8-10H2,1-7H3. The molecule has 0 aromatic rings. The average Bonchev–Trinajstić information content (AvgIpc) is 2.17. The molecule has 3 unspecified atom stereocenters. The van der Waals surface area contributed by atoms with E-state index in [1.165, 1.54) is 6.42 Å². The lowest BCUT2D eigenvalue weighted by Gasteiger charge is -2.36. The van der Waals surface area contributed by atoms with Crippen LogP contribution in [0.5, 0.6) is 0 Å². The van der Waals surface area contributed by atoms with E-state index in [4.69, 9.17) is 0 Å². The first-order chi connectivity index (χ1) is 7.42. The van der Waals surface area contributed by atoms with Crippen LogP contribution in [0.1, 0.15) is 34.1 Å². The maximum Gasteiger partial charge on any atom is 0.0197 e. The van der Waals surface area contributed by atoms with E-state index in [0.29, 0.717) is 18.1 Å². The van der Waals surface area contributed by atoms with Crippen LogP contribution in [0.25, 0.3) is 0 Å². The highest BCUT2D eigenvalue weighted by molar-refractivity contribution is 4.77. The van der Waals surface area contributed by atoms with Crippen molar-refractivity contribution in [3.05, 3.63) is 0 Å². The Balaban J connectivity index is 4.24. The summed E-state index contributed by atoms with van der Waals surface area (Å²) in [6.45, 7) is 11.4. The van der Waals surface area contributed by atoms with E-state index in [0.717, 1.165) is 13.1 Å². The van der Waals surface area contributed by atoms with E-state index in [2.05, 4.69) is 56.9 Å². The number of hydrogen-bond acceptors (Lipinski definition) is 3. The molecule has 98 valence electrons. The molecular formula is C13H31N3. The lowest BCUT2D eigenvalue weighted by Crippen LogP contribution is -2.46. The number of nitrogens with one attached hydrogen (secondary N) is 1. The van der Waals surface area contributed by atoms with Gasteiger partial charge >= 0.3 is 0 Å². The van der Waals surface area contributed by atoms with E-state index < -0.39 is 0 Å². The van der Waals surface area contributed by atoms with E-state index >= 15 is 0 Å². The summed E-state index contributed by atoms with van der Waals surface area (Å²) < 4.78 is 0. The van der Waals surface area contributed by atoms with Crippen LogP contribution in [0.15, 0.2) is 0 Å². The maximum absolute atomic E-state index is 3.32. The van der Waals surface area contributed by atoms with Crippen molar-refractivity contribution < 1.29 is 0 Å². The molecule has 0 spiro atoms. The molecule has 0 aromatic heterocycles. The smallest absolute Gasteiger partial charge is 0.0197 e. The molecular weight excluding hydrogens is 198 g/mol. The summed E-state index contributed by atoms with van der Waals surface area (Å²) >= 11 is 0. The van der Waals surface area contributed by atoms with Gasteiger partial charge in [-0.25, -0.2) is 0 Å². The van der Waals surface area contributed by atoms with Crippen LogP contribution in [-0.4, -0.2) is 62.2 Å². The first-order valence-corrected chi connectivity index (χ1v) is 6.50. The number of hydrogen-bond donors (Lipinski definition) is 1. The first kappa shape index (κ1) is 15.9. The predicted molar refractivity (Wildman–Crippen MR) is 73.0 cm³/mol. The normalized spacial score (nSPS) is 17.8. The number of nitrogens with zero attached hydrogens (tertiary/aromatic N) is 2. The Kier molecular flexibility index (Phi) is 7.98. The summed E-state index contributed by atoms with van der Waals surface area (Å²) in [7, 11) is 6.33. The lowest BCUT2D eigenvalue weighted by atomic mass is 10.1. The second kappa shape index (κ2) is 8.04. The molecule has 0 aliphatic heterocycles. The van der Waals surface area contributed by atoms with Gasteiger partial charge in [0.25, 0.3) is 0 Å². The topological polar surface area (TPSA) is 18.5 Å². The maximum atomic E-state index is 3.32. The summed E-state index contributed by atoms with van der Waals surface area (Å²) in [6.07, 6.45) is 1.21. The van der Waals surface area contributed by atoms with Crippen LogP contribution < -0.4 is 5.32 Å². The van der Waals surface area contributed by atoms with Gasteiger partial charge in [0.1, 0.15) is 0 Å². The largest absolute Gasteiger partial charge is 0.317 e. The minimum Gasteiger partial charge on any atom is -0.317 e. The number of likely N-dealkylation sites (N-methyl/N-ethyl adjacent to an activating group) is 2. The molecule has 0 aliphatic carbocycles. The van der Waals surface area contributed by atoms with Gasteiger partial charge in [-0.05, 0) is 54.9 Å². The van der Waals surface area contributed by atoms with Crippen molar-refractivity contribution in [3.63, 3.8) is 0 Å². The van der Waals surface area contributed by atoms with Crippen molar-refractivity contribution in [2.45, 2.75) is 52.2 Å². The fourth-order valence-corrected chi connectivity index (χ4v) is 2.46. The zero-order valence-electron chi connectivity index (χ0n) is 12.2. The summed E-state index contributed by atoms with van der Waals surface area (Å²) in [4.78, 5) is 4.86. The van der Waals surface area contributed by atoms with Crippen molar-refractivity contribution in [2.24, 2.45) is 0 Å². The Morgan fingerprint density at radius 2 is 1.62 bits per heavy atom. The zero-order valence-corrected chi connectivity index (χ0v) is 12.2. The van der Waals surface area contributed by atoms with Gasteiger partial charge in [0.15, 0.2) is 0 Å². The van der Waals surface area contributed by atoms with E-state index in [9.17, 15) is 0 Å². The molecule has 0 heterocycles. The molecule has 0 radical (unpaired) electrons. The highest BCUT2D eigenvalue weighted by Crippen LogP contribution is 2.11. The molecule has 0 saturated heterocycles. The van der Waals surface area contributed by atoms with Crippen molar-refractivity contribution in [1.29, 1.82) is 0 Å². The molecule has 0 aromatic carbocycles. The van der Waals surface area contributed by atoms with Crippen LogP contribution >= 0.6 is 0 Å². The van der Waals surface area contributed by atoms with Gasteiger partial charge in [0.05, 0.1) is 0 Å². The Bertz CT molecular complexity index is 171. The molecule has 3 atom stereocenters. The van der Waals surface area contributed by atoms with Gasteiger partial charge in [-0.1, -0.05) is 6.92 Å². The Morgan fingerprint density at radius 3 is 2.00 bits per heavy atom. The average molecular weight is 229 g/mol. The molecule has 3 nitrogen and oxygen atoms in total. The molecule has 0 rings (SSSR count). The highest BCUT2D eigenvalue weighted by Gasteiger charge is 2.20. The second-order valence-electron chi connectivity index (χ2n) is 5.22. The SMILES string of the molecule is CCN(C(C)CC(C)NC)C(C)CN(C)C. The molecule has 0 aliphatic rings. The first-order valence-electron chi connectivity index (χ1n) is 6.50. The van der Waals surface area contributed by atoms with Gasteiger partial charge in [-0.15, -0.1) is 0 Å². The molecule has 16 heavy (non-hydrogen) atoms. The fraction of sp³-hybridized carbons (Fsp3) is 1.00. The molecule has 0 amide bonds. The zero-order chi connectivity index (χ0) is 12.7. The van der Waals surface area contributed by atoms with Crippen molar-refractivity contribution in [1.82, 2.24) is 15.1 Å². The van der Waals surface area contributed by atoms with Crippen LogP contribution in [0.3, 0.4) is 0 Å². The van der Waals surface area contributed by atoms with E-state index in [1.54, 1.807) is 0 Å². The Labute approximate surface area is 102 Å². The summed E-state index contributed by atoms with van der Waals surface area (Å²) in [5.41, 5.74) is 0. The summed E-state index contributed by atoms with van der Waals surface area (Å²) in [6, 6.07) is 1.86. The van der Waals surface area contributed by atoms with Crippen molar-refractivity contribution in [3.8, 4) is 0 Å². The molecule has 1 N–H and O–H groups in total.